The molecular weight excluding hydrogens is 300 g/mol. The second-order valence-corrected chi connectivity index (χ2v) is 5.93. The fourth-order valence-electron chi connectivity index (χ4n) is 2.04. The lowest BCUT2D eigenvalue weighted by atomic mass is 10.1. The number of hydrogen-bond acceptors (Lipinski definition) is 2. The zero-order valence-corrected chi connectivity index (χ0v) is 14.5. The maximum atomic E-state index is 12.3. The summed E-state index contributed by atoms with van der Waals surface area (Å²) in [4.78, 5) is 26.1. The van der Waals surface area contributed by atoms with Crippen molar-refractivity contribution in [1.82, 2.24) is 10.2 Å². The molecule has 0 radical (unpaired) electrons. The number of halogens is 1. The molecule has 0 spiro atoms. The lowest BCUT2D eigenvalue weighted by molar-refractivity contribution is -0.140. The quantitative estimate of drug-likeness (QED) is 0.836. The van der Waals surface area contributed by atoms with Gasteiger partial charge in [0.05, 0.1) is 0 Å². The van der Waals surface area contributed by atoms with Crippen LogP contribution in [0, 0.1) is 0 Å². The van der Waals surface area contributed by atoms with Gasteiger partial charge in [0.25, 0.3) is 0 Å². The number of rotatable bonds is 7. The van der Waals surface area contributed by atoms with Crippen molar-refractivity contribution in [3.63, 3.8) is 0 Å². The van der Waals surface area contributed by atoms with Gasteiger partial charge in [-0.2, -0.15) is 0 Å². The Balaban J connectivity index is 2.85. The lowest BCUT2D eigenvalue weighted by Gasteiger charge is -2.29. The number of carbonyl (C=O) groups excluding carboxylic acids is 2. The molecule has 1 rings (SSSR count). The number of nitrogens with zero attached hydrogens (tertiary/aromatic N) is 1. The summed E-state index contributed by atoms with van der Waals surface area (Å²) >= 11 is 5.88. The first-order valence-corrected chi connectivity index (χ1v) is 8.11. The van der Waals surface area contributed by atoms with E-state index in [1.54, 1.807) is 30.9 Å². The van der Waals surface area contributed by atoms with Crippen LogP contribution >= 0.6 is 11.6 Å². The van der Waals surface area contributed by atoms with Crippen molar-refractivity contribution in [2.75, 3.05) is 0 Å². The molecule has 0 aliphatic heterocycles. The molecule has 0 fully saturated rings. The molecule has 1 aromatic rings. The van der Waals surface area contributed by atoms with Gasteiger partial charge in [-0.05, 0) is 38.0 Å². The molecule has 2 atom stereocenters. The first-order valence-electron chi connectivity index (χ1n) is 7.73. The van der Waals surface area contributed by atoms with E-state index in [1.165, 1.54) is 0 Å². The molecule has 4 nitrogen and oxygen atoms in total. The summed E-state index contributed by atoms with van der Waals surface area (Å²) in [6.07, 6.45) is 1.23. The molecule has 22 heavy (non-hydrogen) atoms. The number of carbonyl (C=O) groups is 2. The van der Waals surface area contributed by atoms with Crippen LogP contribution in [-0.2, 0) is 16.1 Å². The summed E-state index contributed by atoms with van der Waals surface area (Å²) in [6.45, 7) is 7.94. The van der Waals surface area contributed by atoms with Crippen LogP contribution in [0.2, 0.25) is 5.02 Å². The number of hydrogen-bond donors (Lipinski definition) is 1. The van der Waals surface area contributed by atoms with Crippen LogP contribution in [0.5, 0.6) is 0 Å². The molecule has 122 valence electrons. The highest BCUT2D eigenvalue weighted by molar-refractivity contribution is 6.30. The Morgan fingerprint density at radius 1 is 1.18 bits per heavy atom. The summed E-state index contributed by atoms with van der Waals surface area (Å²) < 4.78 is 0. The van der Waals surface area contributed by atoms with Crippen LogP contribution in [0.1, 0.15) is 46.1 Å². The first-order chi connectivity index (χ1) is 10.4. The minimum atomic E-state index is -0.503. The molecular formula is C17H25ClN2O2. The molecule has 2 amide bonds. The van der Waals surface area contributed by atoms with E-state index in [9.17, 15) is 9.59 Å². The monoisotopic (exact) mass is 324 g/mol. The number of benzene rings is 1. The molecule has 1 N–H and O–H groups in total. The average Bonchev–Trinajstić information content (AvgIpc) is 2.52. The molecule has 0 aliphatic carbocycles. The predicted octanol–water partition coefficient (Wildman–Crippen LogP) is 3.38. The van der Waals surface area contributed by atoms with Crippen molar-refractivity contribution in [1.29, 1.82) is 0 Å². The molecule has 0 bridgehead atoms. The molecule has 0 saturated carbocycles. The second kappa shape index (κ2) is 8.79. The third-order valence-corrected chi connectivity index (χ3v) is 3.99. The fraction of sp³-hybridized carbons (Fsp3) is 0.529. The van der Waals surface area contributed by atoms with Gasteiger partial charge in [0, 0.05) is 24.0 Å². The van der Waals surface area contributed by atoms with Crippen LogP contribution < -0.4 is 5.32 Å². The van der Waals surface area contributed by atoms with E-state index in [4.69, 9.17) is 11.6 Å². The minimum Gasteiger partial charge on any atom is -0.352 e. The van der Waals surface area contributed by atoms with Crippen LogP contribution in [0.15, 0.2) is 24.3 Å². The smallest absolute Gasteiger partial charge is 0.242 e. The van der Waals surface area contributed by atoms with Gasteiger partial charge < -0.3 is 10.2 Å². The van der Waals surface area contributed by atoms with Crippen molar-refractivity contribution in [3.05, 3.63) is 34.9 Å². The van der Waals surface area contributed by atoms with Gasteiger partial charge in [-0.25, -0.2) is 0 Å². The largest absolute Gasteiger partial charge is 0.352 e. The first kappa shape index (κ1) is 18.5. The van der Waals surface area contributed by atoms with Gasteiger partial charge in [-0.1, -0.05) is 37.6 Å². The summed E-state index contributed by atoms with van der Waals surface area (Å²) in [5.74, 6) is -0.160. The molecule has 0 aliphatic rings. The summed E-state index contributed by atoms with van der Waals surface area (Å²) in [6, 6.07) is 6.92. The van der Waals surface area contributed by atoms with E-state index in [-0.39, 0.29) is 17.9 Å². The zero-order valence-electron chi connectivity index (χ0n) is 13.7. The highest BCUT2D eigenvalue weighted by Crippen LogP contribution is 2.14. The van der Waals surface area contributed by atoms with Crippen molar-refractivity contribution in [2.45, 2.75) is 59.2 Å². The average molecular weight is 325 g/mol. The third kappa shape index (κ3) is 5.34. The Kier molecular flexibility index (Phi) is 7.39. The Morgan fingerprint density at radius 3 is 2.27 bits per heavy atom. The van der Waals surface area contributed by atoms with Crippen LogP contribution in [0.3, 0.4) is 0 Å². The minimum absolute atomic E-state index is 0.0400. The summed E-state index contributed by atoms with van der Waals surface area (Å²) in [5, 5.41) is 3.58. The standard InChI is InChI=1S/C17H25ClN2O2/c1-5-12(3)19-17(22)13(4)20(16(21)6-2)11-14-7-9-15(18)10-8-14/h7-10,12-13H,5-6,11H2,1-4H3,(H,19,22)/t12-,13+/m0/s1. The summed E-state index contributed by atoms with van der Waals surface area (Å²) in [7, 11) is 0. The van der Waals surface area contributed by atoms with E-state index in [0.717, 1.165) is 12.0 Å². The highest BCUT2D eigenvalue weighted by Gasteiger charge is 2.25. The van der Waals surface area contributed by atoms with Gasteiger partial charge in [0.15, 0.2) is 0 Å². The highest BCUT2D eigenvalue weighted by atomic mass is 35.5. The predicted molar refractivity (Wildman–Crippen MR) is 89.7 cm³/mol. The van der Waals surface area contributed by atoms with Crippen molar-refractivity contribution in [2.24, 2.45) is 0 Å². The van der Waals surface area contributed by atoms with E-state index in [2.05, 4.69) is 5.32 Å². The Labute approximate surface area is 137 Å². The number of amides is 2. The molecule has 0 aromatic heterocycles. The second-order valence-electron chi connectivity index (χ2n) is 5.50. The van der Waals surface area contributed by atoms with Gasteiger partial charge in [0.2, 0.25) is 11.8 Å². The van der Waals surface area contributed by atoms with E-state index in [0.29, 0.717) is 18.0 Å². The Hall–Kier alpha value is -1.55. The van der Waals surface area contributed by atoms with Gasteiger partial charge in [-0.3, -0.25) is 9.59 Å². The van der Waals surface area contributed by atoms with Crippen molar-refractivity contribution < 1.29 is 9.59 Å². The normalized spacial score (nSPS) is 13.3. The van der Waals surface area contributed by atoms with Gasteiger partial charge in [-0.15, -0.1) is 0 Å². The molecule has 1 aromatic carbocycles. The van der Waals surface area contributed by atoms with Gasteiger partial charge in [0.1, 0.15) is 6.04 Å². The zero-order chi connectivity index (χ0) is 16.7. The lowest BCUT2D eigenvalue weighted by Crippen LogP contribution is -2.49. The van der Waals surface area contributed by atoms with Crippen LogP contribution in [0.25, 0.3) is 0 Å². The fourth-order valence-corrected chi connectivity index (χ4v) is 2.16. The molecule has 0 saturated heterocycles. The molecule has 5 heteroatoms. The maximum Gasteiger partial charge on any atom is 0.242 e. The SMILES string of the molecule is CCC(=O)N(Cc1ccc(Cl)cc1)[C@H](C)C(=O)N[C@@H](C)CC. The summed E-state index contributed by atoms with van der Waals surface area (Å²) in [5.41, 5.74) is 0.953. The van der Waals surface area contributed by atoms with Crippen LogP contribution in [-0.4, -0.2) is 28.8 Å². The number of nitrogens with one attached hydrogen (secondary N) is 1. The Bertz CT molecular complexity index is 502. The van der Waals surface area contributed by atoms with E-state index < -0.39 is 6.04 Å². The van der Waals surface area contributed by atoms with E-state index in [1.807, 2.05) is 26.0 Å². The topological polar surface area (TPSA) is 49.4 Å². The van der Waals surface area contributed by atoms with E-state index >= 15 is 0 Å². The van der Waals surface area contributed by atoms with Gasteiger partial charge >= 0.3 is 0 Å². The third-order valence-electron chi connectivity index (χ3n) is 3.74. The molecule has 0 unspecified atom stereocenters. The van der Waals surface area contributed by atoms with Crippen molar-refractivity contribution in [3.8, 4) is 0 Å². The Morgan fingerprint density at radius 2 is 1.77 bits per heavy atom. The maximum absolute atomic E-state index is 12.3. The van der Waals surface area contributed by atoms with Crippen molar-refractivity contribution >= 4 is 23.4 Å². The molecule has 0 heterocycles. The van der Waals surface area contributed by atoms with Crippen LogP contribution in [0.4, 0.5) is 0 Å².